The number of benzene rings is 1. The van der Waals surface area contributed by atoms with Crippen molar-refractivity contribution in [1.29, 1.82) is 0 Å². The number of aromatic nitrogens is 2. The molecule has 5 rings (SSSR count). The predicted octanol–water partition coefficient (Wildman–Crippen LogP) is 7.19. The van der Waals surface area contributed by atoms with E-state index < -0.39 is 0 Å². The summed E-state index contributed by atoms with van der Waals surface area (Å²) >= 11 is 6.93. The molecule has 2 nitrogen and oxygen atoms in total. The zero-order valence-corrected chi connectivity index (χ0v) is 16.5. The van der Waals surface area contributed by atoms with Gasteiger partial charge in [-0.15, -0.1) is 22.7 Å². The summed E-state index contributed by atoms with van der Waals surface area (Å²) < 4.78 is 0. The molecule has 0 aliphatic heterocycles. The summed E-state index contributed by atoms with van der Waals surface area (Å²) in [5.74, 6) is 0. The Morgan fingerprint density at radius 1 is 0.680 bits per heavy atom. The highest BCUT2D eigenvalue weighted by atomic mass is 32.1. The second kappa shape index (κ2) is 6.14. The van der Waals surface area contributed by atoms with Gasteiger partial charge in [0, 0.05) is 15.3 Å². The highest BCUT2D eigenvalue weighted by molar-refractivity contribution is 7.31. The van der Waals surface area contributed by atoms with E-state index in [1.54, 1.807) is 45.3 Å². The van der Waals surface area contributed by atoms with E-state index in [2.05, 4.69) is 60.8 Å². The molecule has 5 aromatic rings. The lowest BCUT2D eigenvalue weighted by atomic mass is 10.2. The quantitative estimate of drug-likeness (QED) is 0.323. The molecule has 0 fully saturated rings. The fraction of sp³-hybridized carbons (Fsp3) is 0.0526. The number of rotatable bonds is 3. The first-order chi connectivity index (χ1) is 12.3. The Kier molecular flexibility index (Phi) is 3.78. The average Bonchev–Trinajstić information content (AvgIpc) is 3.36. The Morgan fingerprint density at radius 2 is 1.40 bits per heavy atom. The van der Waals surface area contributed by atoms with Crippen LogP contribution in [0, 0.1) is 6.92 Å². The number of aryl methyl sites for hydroxylation is 1. The van der Waals surface area contributed by atoms with Crippen LogP contribution in [0.2, 0.25) is 0 Å². The van der Waals surface area contributed by atoms with Crippen molar-refractivity contribution in [2.45, 2.75) is 6.92 Å². The van der Waals surface area contributed by atoms with E-state index in [1.807, 2.05) is 0 Å². The van der Waals surface area contributed by atoms with Gasteiger partial charge in [0.2, 0.25) is 0 Å². The number of hydrogen-bond donors (Lipinski definition) is 0. The van der Waals surface area contributed by atoms with Gasteiger partial charge in [-0.3, -0.25) is 0 Å². The van der Waals surface area contributed by atoms with E-state index in [4.69, 9.17) is 9.97 Å². The first kappa shape index (κ1) is 15.4. The minimum absolute atomic E-state index is 1.03. The number of fused-ring (bicyclic) bond motifs is 1. The van der Waals surface area contributed by atoms with Crippen molar-refractivity contribution in [3.05, 3.63) is 59.5 Å². The Morgan fingerprint density at radius 3 is 2.16 bits per heavy atom. The van der Waals surface area contributed by atoms with Crippen LogP contribution in [-0.4, -0.2) is 9.97 Å². The van der Waals surface area contributed by atoms with Crippen LogP contribution in [0.4, 0.5) is 0 Å². The van der Waals surface area contributed by atoms with E-state index in [-0.39, 0.29) is 0 Å². The Bertz CT molecular complexity index is 1110. The molecule has 0 N–H and O–H groups in total. The van der Waals surface area contributed by atoms with E-state index in [0.717, 1.165) is 19.7 Å². The summed E-state index contributed by atoms with van der Waals surface area (Å²) in [7, 11) is 0. The highest BCUT2D eigenvalue weighted by Gasteiger charge is 2.14. The average molecular weight is 397 g/mol. The highest BCUT2D eigenvalue weighted by Crippen LogP contribution is 2.41. The summed E-state index contributed by atoms with van der Waals surface area (Å²) in [6.45, 7) is 2.10. The maximum atomic E-state index is 4.83. The second-order valence-corrected chi connectivity index (χ2v) is 9.64. The van der Waals surface area contributed by atoms with E-state index in [0.29, 0.717) is 0 Å². The first-order valence-corrected chi connectivity index (χ1v) is 11.1. The minimum atomic E-state index is 1.03. The molecule has 0 saturated heterocycles. The van der Waals surface area contributed by atoms with E-state index in [1.165, 1.54) is 25.8 Å². The van der Waals surface area contributed by atoms with Crippen LogP contribution in [-0.2, 0) is 0 Å². The molecule has 25 heavy (non-hydrogen) atoms. The maximum Gasteiger partial charge on any atom is 0.155 e. The normalized spacial score (nSPS) is 11.4. The van der Waals surface area contributed by atoms with Crippen LogP contribution < -0.4 is 0 Å². The lowest BCUT2D eigenvalue weighted by Gasteiger charge is -1.96. The molecule has 1 aromatic carbocycles. The molecule has 0 unspecified atom stereocenters. The molecular formula is C19H12N2S4. The van der Waals surface area contributed by atoms with Gasteiger partial charge in [0.15, 0.2) is 9.66 Å². The van der Waals surface area contributed by atoms with E-state index >= 15 is 0 Å². The number of hydrogen-bond acceptors (Lipinski definition) is 6. The van der Waals surface area contributed by atoms with Gasteiger partial charge in [-0.25, -0.2) is 9.97 Å². The number of thiophene rings is 2. The summed E-state index contributed by atoms with van der Waals surface area (Å²) in [4.78, 5) is 15.5. The van der Waals surface area contributed by atoms with Crippen LogP contribution in [0.5, 0.6) is 0 Å². The first-order valence-electron chi connectivity index (χ1n) is 7.75. The molecule has 122 valence electrons. The zero-order valence-electron chi connectivity index (χ0n) is 13.2. The van der Waals surface area contributed by atoms with Gasteiger partial charge in [-0.2, -0.15) is 0 Å². The lowest BCUT2D eigenvalue weighted by molar-refractivity contribution is 1.45. The smallest absolute Gasteiger partial charge is 0.155 e. The molecule has 0 radical (unpaired) electrons. The summed E-state index contributed by atoms with van der Waals surface area (Å²) in [6.07, 6.45) is 0. The summed E-state index contributed by atoms with van der Waals surface area (Å²) in [5.41, 5.74) is 2.43. The van der Waals surface area contributed by atoms with Crippen molar-refractivity contribution in [3.63, 3.8) is 0 Å². The van der Waals surface area contributed by atoms with Crippen molar-refractivity contribution in [2.24, 2.45) is 0 Å². The van der Waals surface area contributed by atoms with Gasteiger partial charge < -0.3 is 0 Å². The lowest BCUT2D eigenvalue weighted by Crippen LogP contribution is -1.76. The summed E-state index contributed by atoms with van der Waals surface area (Å²) in [6, 6.07) is 17.1. The molecule has 0 aliphatic carbocycles. The predicted molar refractivity (Wildman–Crippen MR) is 112 cm³/mol. The molecule has 4 aromatic heterocycles. The van der Waals surface area contributed by atoms with Crippen molar-refractivity contribution < 1.29 is 0 Å². The second-order valence-electron chi connectivity index (χ2n) is 5.66. The van der Waals surface area contributed by atoms with Crippen LogP contribution in [0.3, 0.4) is 0 Å². The maximum absolute atomic E-state index is 4.83. The molecule has 0 aliphatic rings. The molecule has 0 amide bonds. The third kappa shape index (κ3) is 2.85. The van der Waals surface area contributed by atoms with Gasteiger partial charge in [0.25, 0.3) is 0 Å². The van der Waals surface area contributed by atoms with Crippen LogP contribution >= 0.6 is 45.3 Å². The van der Waals surface area contributed by atoms with E-state index in [9.17, 15) is 0 Å². The van der Waals surface area contributed by atoms with Gasteiger partial charge in [-0.05, 0) is 30.5 Å². The van der Waals surface area contributed by atoms with Crippen molar-refractivity contribution >= 4 is 55.0 Å². The summed E-state index contributed by atoms with van der Waals surface area (Å²) in [5, 5.41) is 4.23. The van der Waals surface area contributed by atoms with Gasteiger partial charge in [-0.1, -0.05) is 58.6 Å². The Labute approximate surface area is 161 Å². The van der Waals surface area contributed by atoms with Crippen LogP contribution in [0.1, 0.15) is 5.56 Å². The molecular weight excluding hydrogens is 384 g/mol. The molecule has 6 heteroatoms. The number of thiazole rings is 2. The monoisotopic (exact) mass is 396 g/mol. The standard InChI is InChI=1S/C19H12N2S4/c1-11-4-6-12(7-5-11)16-20-18-19(24-16)21-17(25-18)15-9-8-14(23-15)13-3-2-10-22-13/h2-10H,1H3. The topological polar surface area (TPSA) is 25.8 Å². The van der Waals surface area contributed by atoms with Gasteiger partial charge in [0.05, 0.1) is 4.88 Å². The number of nitrogens with zero attached hydrogens (tertiary/aromatic N) is 2. The van der Waals surface area contributed by atoms with Gasteiger partial charge >= 0.3 is 0 Å². The van der Waals surface area contributed by atoms with Crippen LogP contribution in [0.15, 0.2) is 53.9 Å². The largest absolute Gasteiger partial charge is 0.223 e. The molecule has 0 atom stereocenters. The minimum Gasteiger partial charge on any atom is -0.223 e. The Hall–Kier alpha value is -1.86. The SMILES string of the molecule is Cc1ccc(-c2nc3sc(-c4ccc(-c5cccs5)s4)nc3s2)cc1. The third-order valence-electron chi connectivity index (χ3n) is 3.86. The third-order valence-corrected chi connectivity index (χ3v) is 8.25. The zero-order chi connectivity index (χ0) is 16.8. The Balaban J connectivity index is 1.49. The fourth-order valence-electron chi connectivity index (χ4n) is 2.57. The fourth-order valence-corrected chi connectivity index (χ4v) is 6.51. The molecule has 0 bridgehead atoms. The van der Waals surface area contributed by atoms with Gasteiger partial charge in [0.1, 0.15) is 10.0 Å². The molecule has 0 saturated carbocycles. The molecule has 0 spiro atoms. The van der Waals surface area contributed by atoms with Crippen LogP contribution in [0.25, 0.3) is 39.9 Å². The molecule has 4 heterocycles. The van der Waals surface area contributed by atoms with Crippen molar-refractivity contribution in [1.82, 2.24) is 9.97 Å². The van der Waals surface area contributed by atoms with Crippen molar-refractivity contribution in [2.75, 3.05) is 0 Å². The van der Waals surface area contributed by atoms with Crippen molar-refractivity contribution in [3.8, 4) is 30.2 Å².